The summed E-state index contributed by atoms with van der Waals surface area (Å²) in [7, 11) is 0. The number of unbranched alkanes of at least 4 members (excludes halogenated alkanes) is 2. The molecule has 0 heterocycles. The lowest BCUT2D eigenvalue weighted by molar-refractivity contribution is -0.384. The van der Waals surface area contributed by atoms with Gasteiger partial charge in [0.15, 0.2) is 0 Å². The predicted molar refractivity (Wildman–Crippen MR) is 140 cm³/mol. The summed E-state index contributed by atoms with van der Waals surface area (Å²) in [6.45, 7) is 6.56. The molecule has 34 heavy (non-hydrogen) atoms. The van der Waals surface area contributed by atoms with Gasteiger partial charge in [-0.2, -0.15) is 0 Å². The Morgan fingerprint density at radius 3 is 2.00 bits per heavy atom. The standard InChI is InChI=1S/C27H30ClN3O3/c1-3-5-17-30(18-6-4-2)23-13-9-21(10-14-23)20-7-11-22(12-8-20)29-27(32)25-19-24(31(33)34)15-16-26(25)28/h7-16,19H,3-6,17-18H2,1-2H3,(H,29,32). The lowest BCUT2D eigenvalue weighted by Crippen LogP contribution is -2.25. The van der Waals surface area contributed by atoms with Crippen molar-refractivity contribution in [2.45, 2.75) is 39.5 Å². The van der Waals surface area contributed by atoms with Gasteiger partial charge in [-0.1, -0.05) is 62.6 Å². The van der Waals surface area contributed by atoms with Crippen molar-refractivity contribution in [1.82, 2.24) is 0 Å². The van der Waals surface area contributed by atoms with Crippen molar-refractivity contribution in [3.63, 3.8) is 0 Å². The molecule has 0 fully saturated rings. The predicted octanol–water partition coefficient (Wildman–Crippen LogP) is 7.57. The smallest absolute Gasteiger partial charge is 0.270 e. The Bertz CT molecular complexity index is 1110. The Balaban J connectivity index is 1.70. The van der Waals surface area contributed by atoms with Crippen LogP contribution >= 0.6 is 11.6 Å². The fourth-order valence-electron chi connectivity index (χ4n) is 3.68. The summed E-state index contributed by atoms with van der Waals surface area (Å²) in [4.78, 5) is 25.5. The number of amides is 1. The molecule has 0 aliphatic carbocycles. The molecular formula is C27H30ClN3O3. The fraction of sp³-hybridized carbons (Fsp3) is 0.296. The molecule has 3 aromatic carbocycles. The number of nitrogens with zero attached hydrogens (tertiary/aromatic N) is 2. The highest BCUT2D eigenvalue weighted by molar-refractivity contribution is 6.34. The molecule has 6 nitrogen and oxygen atoms in total. The zero-order chi connectivity index (χ0) is 24.5. The van der Waals surface area contributed by atoms with E-state index in [1.165, 1.54) is 49.6 Å². The first kappa shape index (κ1) is 25.2. The lowest BCUT2D eigenvalue weighted by atomic mass is 10.0. The van der Waals surface area contributed by atoms with Gasteiger partial charge in [-0.15, -0.1) is 0 Å². The molecular weight excluding hydrogens is 450 g/mol. The van der Waals surface area contributed by atoms with Gasteiger partial charge < -0.3 is 10.2 Å². The van der Waals surface area contributed by atoms with Gasteiger partial charge in [0.2, 0.25) is 0 Å². The average molecular weight is 480 g/mol. The van der Waals surface area contributed by atoms with Crippen LogP contribution in [0.5, 0.6) is 0 Å². The van der Waals surface area contributed by atoms with E-state index in [1.54, 1.807) is 12.1 Å². The van der Waals surface area contributed by atoms with E-state index in [-0.39, 0.29) is 16.3 Å². The molecule has 0 atom stereocenters. The maximum atomic E-state index is 12.6. The van der Waals surface area contributed by atoms with Gasteiger partial charge in [-0.05, 0) is 54.3 Å². The van der Waals surface area contributed by atoms with Crippen LogP contribution in [0.4, 0.5) is 17.1 Å². The number of nitro groups is 1. The Kier molecular flexibility index (Phi) is 9.05. The van der Waals surface area contributed by atoms with E-state index < -0.39 is 10.8 Å². The summed E-state index contributed by atoms with van der Waals surface area (Å²) in [5, 5.41) is 13.9. The number of non-ortho nitro benzene ring substituents is 1. The van der Waals surface area contributed by atoms with E-state index >= 15 is 0 Å². The third-order valence-electron chi connectivity index (χ3n) is 5.68. The topological polar surface area (TPSA) is 75.5 Å². The zero-order valence-corrected chi connectivity index (χ0v) is 20.3. The molecule has 178 valence electrons. The zero-order valence-electron chi connectivity index (χ0n) is 19.6. The van der Waals surface area contributed by atoms with Crippen LogP contribution in [0.3, 0.4) is 0 Å². The normalized spacial score (nSPS) is 10.7. The monoisotopic (exact) mass is 479 g/mol. The Morgan fingerprint density at radius 2 is 1.47 bits per heavy atom. The summed E-state index contributed by atoms with van der Waals surface area (Å²) >= 11 is 6.07. The molecule has 0 unspecified atom stereocenters. The highest BCUT2D eigenvalue weighted by Crippen LogP contribution is 2.27. The first-order valence-corrected chi connectivity index (χ1v) is 12.0. The molecule has 0 spiro atoms. The van der Waals surface area contributed by atoms with Crippen molar-refractivity contribution in [1.29, 1.82) is 0 Å². The number of anilines is 2. The van der Waals surface area contributed by atoms with Crippen molar-refractivity contribution >= 4 is 34.6 Å². The van der Waals surface area contributed by atoms with E-state index in [1.807, 2.05) is 12.1 Å². The third kappa shape index (κ3) is 6.58. The van der Waals surface area contributed by atoms with Crippen molar-refractivity contribution in [3.8, 4) is 11.1 Å². The minimum atomic E-state index is -0.556. The first-order valence-electron chi connectivity index (χ1n) is 11.6. The number of carbonyl (C=O) groups excluding carboxylic acids is 1. The van der Waals surface area contributed by atoms with Crippen molar-refractivity contribution < 1.29 is 9.72 Å². The Labute approximate surface area is 205 Å². The van der Waals surface area contributed by atoms with E-state index in [0.29, 0.717) is 5.69 Å². The number of rotatable bonds is 11. The molecule has 0 radical (unpaired) electrons. The van der Waals surface area contributed by atoms with Crippen molar-refractivity contribution in [2.24, 2.45) is 0 Å². The number of halogens is 1. The van der Waals surface area contributed by atoms with Crippen LogP contribution in [0.25, 0.3) is 11.1 Å². The van der Waals surface area contributed by atoms with Gasteiger partial charge >= 0.3 is 0 Å². The fourth-order valence-corrected chi connectivity index (χ4v) is 3.88. The van der Waals surface area contributed by atoms with E-state index in [2.05, 4.69) is 48.3 Å². The molecule has 1 N–H and O–H groups in total. The first-order chi connectivity index (χ1) is 16.4. The van der Waals surface area contributed by atoms with Gasteiger partial charge in [0.1, 0.15) is 0 Å². The number of nitro benzene ring substituents is 1. The van der Waals surface area contributed by atoms with Crippen molar-refractivity contribution in [2.75, 3.05) is 23.3 Å². The summed E-state index contributed by atoms with van der Waals surface area (Å²) in [5.41, 5.74) is 3.82. The quantitative estimate of drug-likeness (QED) is 0.227. The minimum Gasteiger partial charge on any atom is -0.372 e. The van der Waals surface area contributed by atoms with Crippen LogP contribution in [0.15, 0.2) is 66.7 Å². The molecule has 0 aliphatic heterocycles. The molecule has 3 rings (SSSR count). The highest BCUT2D eigenvalue weighted by atomic mass is 35.5. The average Bonchev–Trinajstić information content (AvgIpc) is 2.85. The second-order valence-electron chi connectivity index (χ2n) is 8.19. The summed E-state index contributed by atoms with van der Waals surface area (Å²) < 4.78 is 0. The summed E-state index contributed by atoms with van der Waals surface area (Å²) in [5.74, 6) is -0.495. The molecule has 0 aliphatic rings. The van der Waals surface area contributed by atoms with Gasteiger partial charge in [-0.3, -0.25) is 14.9 Å². The van der Waals surface area contributed by atoms with Crippen LogP contribution in [-0.4, -0.2) is 23.9 Å². The van der Waals surface area contributed by atoms with Gasteiger partial charge in [0.05, 0.1) is 15.5 Å². The van der Waals surface area contributed by atoms with Crippen LogP contribution in [0, 0.1) is 10.1 Å². The molecule has 0 saturated carbocycles. The highest BCUT2D eigenvalue weighted by Gasteiger charge is 2.16. The molecule has 0 aromatic heterocycles. The number of hydrogen-bond acceptors (Lipinski definition) is 4. The van der Waals surface area contributed by atoms with E-state index in [9.17, 15) is 14.9 Å². The largest absolute Gasteiger partial charge is 0.372 e. The van der Waals surface area contributed by atoms with Crippen LogP contribution < -0.4 is 10.2 Å². The number of benzene rings is 3. The summed E-state index contributed by atoms with van der Waals surface area (Å²) in [6.07, 6.45) is 4.72. The number of hydrogen-bond donors (Lipinski definition) is 1. The van der Waals surface area contributed by atoms with Gasteiger partial charge in [0.25, 0.3) is 11.6 Å². The Morgan fingerprint density at radius 1 is 0.912 bits per heavy atom. The van der Waals surface area contributed by atoms with Crippen LogP contribution in [0.1, 0.15) is 49.9 Å². The minimum absolute atomic E-state index is 0.0613. The number of carbonyl (C=O) groups is 1. The second-order valence-corrected chi connectivity index (χ2v) is 8.60. The van der Waals surface area contributed by atoms with Crippen LogP contribution in [-0.2, 0) is 0 Å². The molecule has 0 saturated heterocycles. The molecule has 0 bridgehead atoms. The lowest BCUT2D eigenvalue weighted by Gasteiger charge is -2.25. The second kappa shape index (κ2) is 12.2. The Hall–Kier alpha value is -3.38. The van der Waals surface area contributed by atoms with Gasteiger partial charge in [0, 0.05) is 36.6 Å². The van der Waals surface area contributed by atoms with Crippen molar-refractivity contribution in [3.05, 3.63) is 87.4 Å². The van der Waals surface area contributed by atoms with Crippen LogP contribution in [0.2, 0.25) is 5.02 Å². The van der Waals surface area contributed by atoms with Gasteiger partial charge in [-0.25, -0.2) is 0 Å². The SMILES string of the molecule is CCCCN(CCCC)c1ccc(-c2ccc(NC(=O)c3cc([N+](=O)[O-])ccc3Cl)cc2)cc1. The molecule has 3 aromatic rings. The maximum absolute atomic E-state index is 12.6. The molecule has 1 amide bonds. The van der Waals surface area contributed by atoms with E-state index in [4.69, 9.17) is 11.6 Å². The molecule has 7 heteroatoms. The van der Waals surface area contributed by atoms with E-state index in [0.717, 1.165) is 24.2 Å². The number of nitrogens with one attached hydrogen (secondary N) is 1. The maximum Gasteiger partial charge on any atom is 0.270 e. The summed E-state index contributed by atoms with van der Waals surface area (Å²) in [6, 6.07) is 19.9. The third-order valence-corrected chi connectivity index (χ3v) is 6.01.